The Bertz CT molecular complexity index is 2380. The maximum atomic E-state index is 13.7. The van der Waals surface area contributed by atoms with Crippen LogP contribution in [0.1, 0.15) is 27.7 Å². The van der Waals surface area contributed by atoms with E-state index < -0.39 is 12.5 Å². The lowest BCUT2D eigenvalue weighted by atomic mass is 10.2. The summed E-state index contributed by atoms with van der Waals surface area (Å²) in [5.74, 6) is 1.22. The number of aliphatic hydroxyl groups is 1. The van der Waals surface area contributed by atoms with Crippen LogP contribution in [0.5, 0.6) is 0 Å². The molecule has 0 aliphatic carbocycles. The first kappa shape index (κ1) is 33.7. The van der Waals surface area contributed by atoms with Crippen LogP contribution in [-0.2, 0) is 17.6 Å². The zero-order valence-corrected chi connectivity index (χ0v) is 29.2. The van der Waals surface area contributed by atoms with E-state index in [2.05, 4.69) is 25.6 Å². The fourth-order valence-electron chi connectivity index (χ4n) is 5.58. The molecule has 17 nitrogen and oxygen atoms in total. The van der Waals surface area contributed by atoms with Gasteiger partial charge < -0.3 is 47.9 Å². The highest BCUT2D eigenvalue weighted by Gasteiger charge is 2.27. The summed E-state index contributed by atoms with van der Waals surface area (Å²) in [4.78, 5) is 45.8. The maximum Gasteiger partial charge on any atom is 0.277 e. The van der Waals surface area contributed by atoms with Gasteiger partial charge in [-0.1, -0.05) is 12.1 Å². The topological polar surface area (TPSA) is 207 Å². The smallest absolute Gasteiger partial charge is 0.277 e. The van der Waals surface area contributed by atoms with Gasteiger partial charge in [-0.05, 0) is 52.5 Å². The fourth-order valence-corrected chi connectivity index (χ4v) is 5.58. The molecule has 0 saturated heterocycles. The third-order valence-corrected chi connectivity index (χ3v) is 8.33. The summed E-state index contributed by atoms with van der Waals surface area (Å²) in [5.41, 5.74) is 3.54. The summed E-state index contributed by atoms with van der Waals surface area (Å²) in [6, 6.07) is 10.6. The number of likely N-dealkylation sites (N-methyl/N-ethyl adjacent to an activating group) is 2. The third-order valence-electron chi connectivity index (χ3n) is 8.33. The SMILES string of the molecule is CN(C)CCc1oc2nc1C(=O)NC(CO)=C1NC(=CO1)c1cccc(n1)-c1nc(c(CCN(C)C)o1)-c1nc(co1)-c1nc(co1)-c1cccc-2n1. The van der Waals surface area contributed by atoms with Crippen molar-refractivity contribution >= 4 is 11.6 Å². The Morgan fingerprint density at radius 1 is 0.642 bits per heavy atom. The molecule has 8 heterocycles. The minimum atomic E-state index is -0.604. The van der Waals surface area contributed by atoms with Gasteiger partial charge in [-0.2, -0.15) is 0 Å². The van der Waals surface area contributed by atoms with Gasteiger partial charge in [-0.3, -0.25) is 4.79 Å². The fraction of sp³-hybridized carbons (Fsp3) is 0.250. The van der Waals surface area contributed by atoms with E-state index in [9.17, 15) is 9.90 Å². The van der Waals surface area contributed by atoms with Crippen molar-refractivity contribution in [2.45, 2.75) is 12.8 Å². The molecule has 270 valence electrons. The molecule has 17 heteroatoms. The summed E-state index contributed by atoms with van der Waals surface area (Å²) in [6.45, 7) is 0.704. The van der Waals surface area contributed by atoms with Crippen molar-refractivity contribution in [2.24, 2.45) is 0 Å². The van der Waals surface area contributed by atoms with Crippen LogP contribution in [0.15, 0.2) is 84.4 Å². The first-order valence-corrected chi connectivity index (χ1v) is 16.7. The van der Waals surface area contributed by atoms with Crippen LogP contribution in [0.4, 0.5) is 0 Å². The average Bonchev–Trinajstić information content (AvgIpc) is 4.01. The van der Waals surface area contributed by atoms with Crippen molar-refractivity contribution in [3.05, 3.63) is 89.7 Å². The minimum absolute atomic E-state index is 0.0384. The number of rotatable bonds is 7. The van der Waals surface area contributed by atoms with E-state index >= 15 is 0 Å². The van der Waals surface area contributed by atoms with Gasteiger partial charge in [0, 0.05) is 25.9 Å². The predicted molar refractivity (Wildman–Crippen MR) is 188 cm³/mol. The monoisotopic (exact) mass is 718 g/mol. The van der Waals surface area contributed by atoms with Crippen molar-refractivity contribution in [3.8, 4) is 57.7 Å². The Kier molecular flexibility index (Phi) is 8.87. The molecule has 0 saturated carbocycles. The second-order valence-electron chi connectivity index (χ2n) is 12.8. The molecule has 2 aliphatic rings. The van der Waals surface area contributed by atoms with Crippen molar-refractivity contribution in [2.75, 3.05) is 47.9 Å². The van der Waals surface area contributed by atoms with E-state index in [4.69, 9.17) is 37.4 Å². The number of amides is 1. The van der Waals surface area contributed by atoms with Gasteiger partial charge >= 0.3 is 0 Å². The highest BCUT2D eigenvalue weighted by atomic mass is 16.5. The summed E-state index contributed by atoms with van der Waals surface area (Å²) >= 11 is 0. The minimum Gasteiger partial charge on any atom is -0.444 e. The van der Waals surface area contributed by atoms with Crippen LogP contribution in [0.25, 0.3) is 63.4 Å². The lowest BCUT2D eigenvalue weighted by Gasteiger charge is -2.11. The largest absolute Gasteiger partial charge is 0.444 e. The Morgan fingerprint density at radius 3 is 1.92 bits per heavy atom. The zero-order chi connectivity index (χ0) is 36.6. The normalized spacial score (nSPS) is 13.9. The Labute approximate surface area is 302 Å². The molecular weight excluding hydrogens is 684 g/mol. The molecule has 3 N–H and O–H groups in total. The lowest BCUT2D eigenvalue weighted by Crippen LogP contribution is -2.29. The summed E-state index contributed by atoms with van der Waals surface area (Å²) in [7, 11) is 7.76. The summed E-state index contributed by atoms with van der Waals surface area (Å²) in [5, 5.41) is 16.2. The molecule has 8 rings (SSSR count). The summed E-state index contributed by atoms with van der Waals surface area (Å²) < 4.78 is 29.9. The van der Waals surface area contributed by atoms with Gasteiger partial charge in [0.2, 0.25) is 29.4 Å². The maximum absolute atomic E-state index is 13.7. The number of hydrogen-bond acceptors (Lipinski definition) is 16. The van der Waals surface area contributed by atoms with E-state index in [1.807, 2.05) is 38.0 Å². The average molecular weight is 719 g/mol. The first-order valence-electron chi connectivity index (χ1n) is 16.7. The lowest BCUT2D eigenvalue weighted by molar-refractivity contribution is 0.0950. The molecular formula is C36H34N10O7. The van der Waals surface area contributed by atoms with E-state index in [1.54, 1.807) is 36.4 Å². The zero-order valence-electron chi connectivity index (χ0n) is 29.2. The Balaban J connectivity index is 1.24. The number of aliphatic hydroxyl groups excluding tert-OH is 1. The van der Waals surface area contributed by atoms with Crippen molar-refractivity contribution < 1.29 is 32.3 Å². The molecule has 2 aliphatic heterocycles. The van der Waals surface area contributed by atoms with E-state index in [-0.39, 0.29) is 40.8 Å². The molecule has 0 spiro atoms. The number of carbonyl (C=O) groups excluding carboxylic acids is 1. The first-order chi connectivity index (χ1) is 25.7. The number of nitrogens with one attached hydrogen (secondary N) is 2. The standard InChI is InChI=1S/C36H34N10O7/c1-45(2)13-11-27-29-31(48)39-23(15-47)32-40-24(16-49-32)19-7-6-10-22(38-19)35-44-30(28(53-35)12-14-46(3)4)36-42-26(18-51-36)33-41-25(17-50-33)20-8-5-9-21(37-20)34(43-29)52-27/h5-10,16-18,40,47H,11-15H2,1-4H3,(H,39,48). The van der Waals surface area contributed by atoms with Crippen LogP contribution in [0.2, 0.25) is 0 Å². The predicted octanol–water partition coefficient (Wildman–Crippen LogP) is 3.79. The number of pyridine rings is 2. The molecule has 6 aromatic rings. The van der Waals surface area contributed by atoms with Gasteiger partial charge in [0.15, 0.2) is 17.1 Å². The third kappa shape index (κ3) is 6.83. The molecule has 1 amide bonds. The van der Waals surface area contributed by atoms with E-state index in [0.29, 0.717) is 83.0 Å². The van der Waals surface area contributed by atoms with Gasteiger partial charge in [-0.15, -0.1) is 0 Å². The van der Waals surface area contributed by atoms with Crippen molar-refractivity contribution in [1.29, 1.82) is 0 Å². The molecule has 14 bridgehead atoms. The Hall–Kier alpha value is -6.43. The molecule has 0 unspecified atom stereocenters. The second kappa shape index (κ2) is 13.9. The quantitative estimate of drug-likeness (QED) is 0.215. The number of oxazole rings is 4. The van der Waals surface area contributed by atoms with Crippen molar-refractivity contribution in [3.63, 3.8) is 0 Å². The molecule has 0 aromatic carbocycles. The van der Waals surface area contributed by atoms with Gasteiger partial charge in [-0.25, -0.2) is 29.9 Å². The number of fused-ring (bicyclic) bond motifs is 20. The number of hydrogen-bond donors (Lipinski definition) is 3. The molecule has 6 aromatic heterocycles. The molecule has 0 atom stereocenters. The number of aromatic nitrogens is 6. The highest BCUT2D eigenvalue weighted by molar-refractivity contribution is 5.95. The number of nitrogens with zero attached hydrogens (tertiary/aromatic N) is 8. The molecule has 53 heavy (non-hydrogen) atoms. The van der Waals surface area contributed by atoms with Crippen LogP contribution < -0.4 is 10.6 Å². The summed E-state index contributed by atoms with van der Waals surface area (Å²) in [6.07, 6.45) is 5.24. The second-order valence-corrected chi connectivity index (χ2v) is 12.8. The molecule has 0 radical (unpaired) electrons. The van der Waals surface area contributed by atoms with Crippen LogP contribution in [0.3, 0.4) is 0 Å². The van der Waals surface area contributed by atoms with Gasteiger partial charge in [0.25, 0.3) is 5.91 Å². The highest BCUT2D eigenvalue weighted by Crippen LogP contribution is 2.33. The number of ether oxygens (including phenoxy) is 1. The van der Waals surface area contributed by atoms with E-state index in [0.717, 1.165) is 0 Å². The Morgan fingerprint density at radius 2 is 1.23 bits per heavy atom. The van der Waals surface area contributed by atoms with Gasteiger partial charge in [0.05, 0.1) is 18.0 Å². The molecule has 0 fully saturated rings. The van der Waals surface area contributed by atoms with Crippen LogP contribution in [0, 0.1) is 0 Å². The van der Waals surface area contributed by atoms with Gasteiger partial charge in [0.1, 0.15) is 58.8 Å². The van der Waals surface area contributed by atoms with Crippen LogP contribution >= 0.6 is 0 Å². The van der Waals surface area contributed by atoms with Crippen LogP contribution in [-0.4, -0.2) is 98.6 Å². The van der Waals surface area contributed by atoms with E-state index in [1.165, 1.54) is 18.8 Å². The number of carbonyl (C=O) groups is 1. The van der Waals surface area contributed by atoms with Crippen molar-refractivity contribution in [1.82, 2.24) is 50.3 Å².